The van der Waals surface area contributed by atoms with Gasteiger partial charge in [-0.1, -0.05) is 43.7 Å². The maximum absolute atomic E-state index is 12.8. The van der Waals surface area contributed by atoms with E-state index < -0.39 is 5.60 Å². The highest BCUT2D eigenvalue weighted by molar-refractivity contribution is 5.95. The van der Waals surface area contributed by atoms with Gasteiger partial charge in [0.2, 0.25) is 0 Å². The normalized spacial score (nSPS) is 15.9. The summed E-state index contributed by atoms with van der Waals surface area (Å²) in [6, 6.07) is 12.2. The second kappa shape index (κ2) is 10.6. The van der Waals surface area contributed by atoms with Gasteiger partial charge in [-0.3, -0.25) is 4.57 Å². The average molecular weight is 477 g/mol. The van der Waals surface area contributed by atoms with E-state index in [1.54, 1.807) is 17.9 Å². The summed E-state index contributed by atoms with van der Waals surface area (Å²) in [5.74, 6) is 1.56. The summed E-state index contributed by atoms with van der Waals surface area (Å²) >= 11 is 0. The first-order valence-electron chi connectivity index (χ1n) is 12.4. The molecule has 4 rings (SSSR count). The molecule has 0 aliphatic carbocycles. The lowest BCUT2D eigenvalue weighted by Crippen LogP contribution is -2.28. The second-order valence-corrected chi connectivity index (χ2v) is 9.90. The third-order valence-corrected chi connectivity index (χ3v) is 6.08. The van der Waals surface area contributed by atoms with Gasteiger partial charge in [-0.2, -0.15) is 0 Å². The predicted octanol–water partition coefficient (Wildman–Crippen LogP) is 6.51. The van der Waals surface area contributed by atoms with Crippen LogP contribution in [0.4, 0.5) is 4.79 Å². The van der Waals surface area contributed by atoms with Gasteiger partial charge in [0.25, 0.3) is 0 Å². The number of hydrogen-bond acceptors (Lipinski definition) is 5. The predicted molar refractivity (Wildman–Crippen MR) is 140 cm³/mol. The average Bonchev–Trinajstić information content (AvgIpc) is 3.26. The molecule has 1 aliphatic rings. The molecule has 6 heteroatoms. The number of benzene rings is 2. The Morgan fingerprint density at radius 3 is 2.77 bits per heavy atom. The minimum atomic E-state index is -0.563. The van der Waals surface area contributed by atoms with Crippen LogP contribution in [0.3, 0.4) is 0 Å². The number of aromatic nitrogens is 1. The molecule has 1 aliphatic heterocycles. The number of fused-ring (bicyclic) bond motifs is 2. The number of para-hydroxylation sites is 1. The van der Waals surface area contributed by atoms with Crippen LogP contribution in [0.5, 0.6) is 11.5 Å². The van der Waals surface area contributed by atoms with Crippen molar-refractivity contribution in [2.75, 3.05) is 20.3 Å². The van der Waals surface area contributed by atoms with E-state index in [4.69, 9.17) is 14.2 Å². The summed E-state index contributed by atoms with van der Waals surface area (Å²) in [4.78, 5) is 12.8. The topological polar surface area (TPSA) is 61.7 Å². The van der Waals surface area contributed by atoms with Crippen molar-refractivity contribution in [3.05, 3.63) is 65.4 Å². The van der Waals surface area contributed by atoms with E-state index in [1.165, 1.54) is 11.1 Å². The van der Waals surface area contributed by atoms with Crippen molar-refractivity contribution in [1.29, 1.82) is 0 Å². The van der Waals surface area contributed by atoms with Crippen LogP contribution in [0.15, 0.2) is 48.7 Å². The quantitative estimate of drug-likeness (QED) is 0.394. The molecule has 6 nitrogen and oxygen atoms in total. The van der Waals surface area contributed by atoms with E-state index in [2.05, 4.69) is 36.5 Å². The molecule has 2 heterocycles. The lowest BCUT2D eigenvalue weighted by molar-refractivity contribution is 0.0544. The standard InChI is InChI=1S/C29H36N2O4/c1-6-7-17-34-26-18-22-13-15-30-24(23(22)19-25(26)33-5)12-11-20-9-8-10-21-14-16-31(27(20)21)28(32)35-29(2,3)4/h8-12,14,16,18-19,24,30H,6-7,13,15,17H2,1-5H3/b12-11+. The van der Waals surface area contributed by atoms with Crippen molar-refractivity contribution >= 4 is 23.1 Å². The zero-order chi connectivity index (χ0) is 25.0. The largest absolute Gasteiger partial charge is 0.493 e. The van der Waals surface area contributed by atoms with E-state index in [1.807, 2.05) is 45.0 Å². The Hall–Kier alpha value is -3.25. The molecule has 0 spiro atoms. The van der Waals surface area contributed by atoms with Crippen molar-refractivity contribution in [2.45, 2.75) is 58.6 Å². The first-order chi connectivity index (χ1) is 16.8. The molecule has 0 bridgehead atoms. The first kappa shape index (κ1) is 24.9. The van der Waals surface area contributed by atoms with Crippen LogP contribution in [-0.4, -0.2) is 36.5 Å². The molecule has 1 unspecified atom stereocenters. The van der Waals surface area contributed by atoms with Gasteiger partial charge in [-0.05, 0) is 68.5 Å². The van der Waals surface area contributed by atoms with Gasteiger partial charge in [-0.25, -0.2) is 4.79 Å². The molecule has 3 aromatic rings. The molecule has 0 fully saturated rings. The number of nitrogens with one attached hydrogen (secondary N) is 1. The van der Waals surface area contributed by atoms with Crippen molar-refractivity contribution in [3.8, 4) is 11.5 Å². The first-order valence-corrected chi connectivity index (χ1v) is 12.4. The van der Waals surface area contributed by atoms with Gasteiger partial charge in [0.1, 0.15) is 5.60 Å². The Morgan fingerprint density at radius 2 is 2.03 bits per heavy atom. The number of rotatable bonds is 7. The maximum atomic E-state index is 12.8. The molecular formula is C29H36N2O4. The molecule has 0 saturated carbocycles. The summed E-state index contributed by atoms with van der Waals surface area (Å²) in [5, 5.41) is 4.59. The van der Waals surface area contributed by atoms with E-state index in [-0.39, 0.29) is 12.1 Å². The van der Waals surface area contributed by atoms with Crippen LogP contribution in [0, 0.1) is 0 Å². The minimum Gasteiger partial charge on any atom is -0.493 e. The third kappa shape index (κ3) is 5.70. The monoisotopic (exact) mass is 476 g/mol. The molecule has 35 heavy (non-hydrogen) atoms. The fraction of sp³-hybridized carbons (Fsp3) is 0.414. The zero-order valence-electron chi connectivity index (χ0n) is 21.4. The molecule has 1 atom stereocenters. The van der Waals surface area contributed by atoms with Crippen molar-refractivity contribution in [1.82, 2.24) is 9.88 Å². The van der Waals surface area contributed by atoms with E-state index in [0.717, 1.165) is 53.8 Å². The molecule has 0 saturated heterocycles. The Kier molecular flexibility index (Phi) is 7.51. The molecule has 0 radical (unpaired) electrons. The van der Waals surface area contributed by atoms with Crippen LogP contribution in [0.25, 0.3) is 17.0 Å². The highest BCUT2D eigenvalue weighted by Crippen LogP contribution is 2.36. The maximum Gasteiger partial charge on any atom is 0.419 e. The summed E-state index contributed by atoms with van der Waals surface area (Å²) in [5.41, 5.74) is 3.68. The molecule has 2 aromatic carbocycles. The minimum absolute atomic E-state index is 0.0255. The number of unbranched alkanes of at least 4 members (excludes halogenated alkanes) is 1. The van der Waals surface area contributed by atoms with Gasteiger partial charge >= 0.3 is 6.09 Å². The van der Waals surface area contributed by atoms with Crippen molar-refractivity contribution in [3.63, 3.8) is 0 Å². The fourth-order valence-electron chi connectivity index (χ4n) is 4.39. The number of hydrogen-bond donors (Lipinski definition) is 1. The smallest absolute Gasteiger partial charge is 0.419 e. The van der Waals surface area contributed by atoms with E-state index in [9.17, 15) is 4.79 Å². The number of carbonyl (C=O) groups excluding carboxylic acids is 1. The Bertz CT molecular complexity index is 1220. The van der Waals surface area contributed by atoms with Crippen LogP contribution in [0.2, 0.25) is 0 Å². The number of ether oxygens (including phenoxy) is 3. The summed E-state index contributed by atoms with van der Waals surface area (Å²) in [6.45, 7) is 9.34. The highest BCUT2D eigenvalue weighted by atomic mass is 16.6. The number of nitrogens with zero attached hydrogens (tertiary/aromatic N) is 1. The molecule has 0 amide bonds. The SMILES string of the molecule is CCCCOc1cc2c(cc1OC)C(/C=C/c1cccc3ccn(C(=O)OC(C)(C)C)c13)NCC2. The second-order valence-electron chi connectivity index (χ2n) is 9.90. The van der Waals surface area contributed by atoms with Crippen LogP contribution in [0.1, 0.15) is 63.3 Å². The van der Waals surface area contributed by atoms with Gasteiger partial charge in [0.05, 0.1) is 25.3 Å². The summed E-state index contributed by atoms with van der Waals surface area (Å²) < 4.78 is 18.9. The lowest BCUT2D eigenvalue weighted by Gasteiger charge is -2.26. The van der Waals surface area contributed by atoms with Crippen LogP contribution >= 0.6 is 0 Å². The van der Waals surface area contributed by atoms with Crippen molar-refractivity contribution < 1.29 is 19.0 Å². The van der Waals surface area contributed by atoms with Gasteiger partial charge in [0.15, 0.2) is 11.5 Å². The zero-order valence-corrected chi connectivity index (χ0v) is 21.4. The van der Waals surface area contributed by atoms with Crippen molar-refractivity contribution in [2.24, 2.45) is 0 Å². The number of carbonyl (C=O) groups is 1. The van der Waals surface area contributed by atoms with Crippen LogP contribution in [-0.2, 0) is 11.2 Å². The Labute approximate surface area is 207 Å². The fourth-order valence-corrected chi connectivity index (χ4v) is 4.39. The highest BCUT2D eigenvalue weighted by Gasteiger charge is 2.22. The van der Waals surface area contributed by atoms with E-state index >= 15 is 0 Å². The Morgan fingerprint density at radius 1 is 1.20 bits per heavy atom. The summed E-state index contributed by atoms with van der Waals surface area (Å²) in [6.07, 6.45) is 8.66. The molecule has 1 N–H and O–H groups in total. The molecule has 186 valence electrons. The van der Waals surface area contributed by atoms with Gasteiger partial charge in [-0.15, -0.1) is 0 Å². The molecular weight excluding hydrogens is 440 g/mol. The Balaban J connectivity index is 1.65. The van der Waals surface area contributed by atoms with Gasteiger partial charge < -0.3 is 19.5 Å². The van der Waals surface area contributed by atoms with E-state index in [0.29, 0.717) is 6.61 Å². The summed E-state index contributed by atoms with van der Waals surface area (Å²) in [7, 11) is 1.68. The third-order valence-electron chi connectivity index (χ3n) is 6.08. The molecule has 1 aromatic heterocycles. The van der Waals surface area contributed by atoms with Gasteiger partial charge in [0, 0.05) is 18.1 Å². The van der Waals surface area contributed by atoms with Crippen LogP contribution < -0.4 is 14.8 Å². The number of methoxy groups -OCH3 is 1. The lowest BCUT2D eigenvalue weighted by atomic mass is 9.93.